The predicted molar refractivity (Wildman–Crippen MR) is 84.9 cm³/mol. The Labute approximate surface area is 126 Å². The van der Waals surface area contributed by atoms with Gasteiger partial charge in [0.15, 0.2) is 0 Å². The topological polar surface area (TPSA) is 29.3 Å². The summed E-state index contributed by atoms with van der Waals surface area (Å²) < 4.78 is 0. The van der Waals surface area contributed by atoms with E-state index in [-0.39, 0.29) is 6.04 Å². The Hall–Kier alpha value is -0.280. The van der Waals surface area contributed by atoms with Gasteiger partial charge in [0.1, 0.15) is 0 Å². The first-order valence-electron chi connectivity index (χ1n) is 6.73. The highest BCUT2D eigenvalue weighted by Crippen LogP contribution is 2.29. The lowest BCUT2D eigenvalue weighted by Crippen LogP contribution is -2.37. The minimum absolute atomic E-state index is 0.170. The van der Waals surface area contributed by atoms with Gasteiger partial charge in [-0.15, -0.1) is 0 Å². The van der Waals surface area contributed by atoms with Crippen LogP contribution < -0.4 is 5.73 Å². The average molecular weight is 303 g/mol. The first-order valence-corrected chi connectivity index (χ1v) is 7.49. The second kappa shape index (κ2) is 7.49. The van der Waals surface area contributed by atoms with Crippen LogP contribution in [-0.2, 0) is 0 Å². The van der Waals surface area contributed by atoms with Crippen LogP contribution in [0.1, 0.15) is 38.8 Å². The van der Waals surface area contributed by atoms with Crippen LogP contribution in [0.15, 0.2) is 18.2 Å². The van der Waals surface area contributed by atoms with Gasteiger partial charge < -0.3 is 5.73 Å². The van der Waals surface area contributed by atoms with Crippen molar-refractivity contribution in [3.63, 3.8) is 0 Å². The molecule has 1 rings (SSSR count). The largest absolute Gasteiger partial charge is 0.329 e. The highest BCUT2D eigenvalue weighted by atomic mass is 35.5. The summed E-state index contributed by atoms with van der Waals surface area (Å²) in [7, 11) is 2.12. The number of hydrogen-bond acceptors (Lipinski definition) is 2. The van der Waals surface area contributed by atoms with Gasteiger partial charge in [0, 0.05) is 18.6 Å². The SMILES string of the molecule is CC(C)CC(C)N(C)C(CN)c1ccc(Cl)c(Cl)c1. The summed E-state index contributed by atoms with van der Waals surface area (Å²) in [5.74, 6) is 0.671. The number of nitrogens with zero attached hydrogens (tertiary/aromatic N) is 1. The van der Waals surface area contributed by atoms with E-state index in [0.717, 1.165) is 12.0 Å². The summed E-state index contributed by atoms with van der Waals surface area (Å²) >= 11 is 12.1. The molecular weight excluding hydrogens is 279 g/mol. The van der Waals surface area contributed by atoms with E-state index >= 15 is 0 Å². The van der Waals surface area contributed by atoms with E-state index in [0.29, 0.717) is 28.5 Å². The third-order valence-electron chi connectivity index (χ3n) is 3.55. The number of nitrogens with two attached hydrogens (primary N) is 1. The fourth-order valence-corrected chi connectivity index (χ4v) is 2.72. The van der Waals surface area contributed by atoms with Crippen LogP contribution in [0, 0.1) is 5.92 Å². The maximum atomic E-state index is 6.09. The summed E-state index contributed by atoms with van der Waals surface area (Å²) in [6, 6.07) is 6.40. The van der Waals surface area contributed by atoms with Crippen molar-refractivity contribution in [1.82, 2.24) is 4.90 Å². The van der Waals surface area contributed by atoms with E-state index in [1.807, 2.05) is 18.2 Å². The molecular formula is C15H24Cl2N2. The van der Waals surface area contributed by atoms with Gasteiger partial charge in [-0.2, -0.15) is 0 Å². The van der Waals surface area contributed by atoms with Gasteiger partial charge >= 0.3 is 0 Å². The van der Waals surface area contributed by atoms with Gasteiger partial charge in [-0.3, -0.25) is 4.90 Å². The molecule has 0 aliphatic carbocycles. The average Bonchev–Trinajstić information content (AvgIpc) is 2.33. The van der Waals surface area contributed by atoms with Crippen LogP contribution >= 0.6 is 23.2 Å². The zero-order valence-electron chi connectivity index (χ0n) is 12.2. The Kier molecular flexibility index (Phi) is 6.61. The number of rotatable bonds is 6. The van der Waals surface area contributed by atoms with Gasteiger partial charge in [0.2, 0.25) is 0 Å². The van der Waals surface area contributed by atoms with E-state index in [1.54, 1.807) is 0 Å². The number of likely N-dealkylation sites (N-methyl/N-ethyl adjacent to an activating group) is 1. The molecule has 0 aromatic heterocycles. The summed E-state index contributed by atoms with van der Waals surface area (Å²) in [6.45, 7) is 7.28. The summed E-state index contributed by atoms with van der Waals surface area (Å²) in [6.07, 6.45) is 1.15. The second-order valence-electron chi connectivity index (χ2n) is 5.57. The second-order valence-corrected chi connectivity index (χ2v) is 6.38. The quantitative estimate of drug-likeness (QED) is 0.846. The molecule has 0 amide bonds. The highest BCUT2D eigenvalue weighted by Gasteiger charge is 2.21. The summed E-state index contributed by atoms with van der Waals surface area (Å²) in [5, 5.41) is 1.17. The zero-order valence-corrected chi connectivity index (χ0v) is 13.7. The molecule has 0 bridgehead atoms. The van der Waals surface area contributed by atoms with Crippen molar-refractivity contribution >= 4 is 23.2 Å². The van der Waals surface area contributed by atoms with Crippen LogP contribution in [0.25, 0.3) is 0 Å². The predicted octanol–water partition coefficient (Wildman–Crippen LogP) is 4.36. The van der Waals surface area contributed by atoms with Crippen molar-refractivity contribution in [3.05, 3.63) is 33.8 Å². The lowest BCUT2D eigenvalue weighted by atomic mass is 9.99. The van der Waals surface area contributed by atoms with Crippen molar-refractivity contribution in [1.29, 1.82) is 0 Å². The molecule has 0 saturated carbocycles. The normalized spacial score (nSPS) is 15.0. The van der Waals surface area contributed by atoms with Crippen LogP contribution in [-0.4, -0.2) is 24.5 Å². The molecule has 1 aromatic carbocycles. The summed E-state index contributed by atoms with van der Waals surface area (Å²) in [4.78, 5) is 2.32. The zero-order chi connectivity index (χ0) is 14.6. The van der Waals surface area contributed by atoms with E-state index in [1.165, 1.54) is 0 Å². The Balaban J connectivity index is 2.89. The number of benzene rings is 1. The third-order valence-corrected chi connectivity index (χ3v) is 4.29. The molecule has 0 spiro atoms. The van der Waals surface area contributed by atoms with Gasteiger partial charge in [0.05, 0.1) is 10.0 Å². The molecule has 2 N–H and O–H groups in total. The smallest absolute Gasteiger partial charge is 0.0595 e. The Morgan fingerprint density at radius 2 is 1.79 bits per heavy atom. The third kappa shape index (κ3) is 4.64. The molecule has 0 aliphatic rings. The van der Waals surface area contributed by atoms with E-state index in [9.17, 15) is 0 Å². The number of hydrogen-bond donors (Lipinski definition) is 1. The molecule has 0 fully saturated rings. The lowest BCUT2D eigenvalue weighted by molar-refractivity contribution is 0.169. The molecule has 2 unspecified atom stereocenters. The number of halogens is 2. The maximum Gasteiger partial charge on any atom is 0.0595 e. The highest BCUT2D eigenvalue weighted by molar-refractivity contribution is 6.42. The van der Waals surface area contributed by atoms with Gasteiger partial charge in [-0.05, 0) is 44.0 Å². The summed E-state index contributed by atoms with van der Waals surface area (Å²) in [5.41, 5.74) is 7.07. The molecule has 0 saturated heterocycles. The molecule has 0 heterocycles. The van der Waals surface area contributed by atoms with Crippen LogP contribution in [0.2, 0.25) is 10.0 Å². The van der Waals surface area contributed by atoms with Crippen molar-refractivity contribution in [3.8, 4) is 0 Å². The molecule has 108 valence electrons. The van der Waals surface area contributed by atoms with Crippen molar-refractivity contribution < 1.29 is 0 Å². The molecule has 19 heavy (non-hydrogen) atoms. The fraction of sp³-hybridized carbons (Fsp3) is 0.600. The Bertz CT molecular complexity index is 407. The van der Waals surface area contributed by atoms with Crippen molar-refractivity contribution in [2.45, 2.75) is 39.3 Å². The van der Waals surface area contributed by atoms with Gasteiger partial charge in [-0.25, -0.2) is 0 Å². The minimum Gasteiger partial charge on any atom is -0.329 e. The maximum absolute atomic E-state index is 6.09. The van der Waals surface area contributed by atoms with Crippen molar-refractivity contribution in [2.75, 3.05) is 13.6 Å². The Morgan fingerprint density at radius 1 is 1.16 bits per heavy atom. The molecule has 2 nitrogen and oxygen atoms in total. The van der Waals surface area contributed by atoms with Gasteiger partial charge in [-0.1, -0.05) is 43.1 Å². The van der Waals surface area contributed by atoms with E-state index < -0.39 is 0 Å². The fourth-order valence-electron chi connectivity index (χ4n) is 2.41. The van der Waals surface area contributed by atoms with E-state index in [2.05, 4.69) is 32.7 Å². The van der Waals surface area contributed by atoms with E-state index in [4.69, 9.17) is 28.9 Å². The molecule has 1 aromatic rings. The lowest BCUT2D eigenvalue weighted by Gasteiger charge is -2.33. The van der Waals surface area contributed by atoms with Crippen molar-refractivity contribution in [2.24, 2.45) is 11.7 Å². The van der Waals surface area contributed by atoms with Crippen LogP contribution in [0.4, 0.5) is 0 Å². The van der Waals surface area contributed by atoms with Gasteiger partial charge in [0.25, 0.3) is 0 Å². The molecule has 0 radical (unpaired) electrons. The van der Waals surface area contributed by atoms with Crippen LogP contribution in [0.3, 0.4) is 0 Å². The standard InChI is InChI=1S/C15H24Cl2N2/c1-10(2)7-11(3)19(4)15(9-18)12-5-6-13(16)14(17)8-12/h5-6,8,10-11,15H,7,9,18H2,1-4H3. The first kappa shape index (κ1) is 16.8. The Morgan fingerprint density at radius 3 is 2.26 bits per heavy atom. The minimum atomic E-state index is 0.170. The molecule has 2 atom stereocenters. The molecule has 0 aliphatic heterocycles. The van der Waals surface area contributed by atoms with Crippen LogP contribution in [0.5, 0.6) is 0 Å². The monoisotopic (exact) mass is 302 g/mol. The molecule has 4 heteroatoms. The first-order chi connectivity index (χ1) is 8.86.